The van der Waals surface area contributed by atoms with E-state index < -0.39 is 0 Å². The van der Waals surface area contributed by atoms with Gasteiger partial charge in [-0.15, -0.1) is 0 Å². The molecule has 0 N–H and O–H groups in total. The zero-order valence-corrected chi connectivity index (χ0v) is 15.4. The van der Waals surface area contributed by atoms with Crippen LogP contribution in [-0.2, 0) is 6.54 Å². The Morgan fingerprint density at radius 1 is 1.15 bits per heavy atom. The minimum absolute atomic E-state index is 0.152. The second kappa shape index (κ2) is 7.25. The molecule has 6 nitrogen and oxygen atoms in total. The van der Waals surface area contributed by atoms with Crippen LogP contribution in [0.5, 0.6) is 5.75 Å². The Morgan fingerprint density at radius 3 is 2.81 bits per heavy atom. The van der Waals surface area contributed by atoms with Crippen LogP contribution in [0.4, 0.5) is 0 Å². The minimum atomic E-state index is -0.152. The van der Waals surface area contributed by atoms with Gasteiger partial charge in [0.1, 0.15) is 24.1 Å². The Hall–Kier alpha value is -3.12. The number of nitrogens with zero attached hydrogens (tertiary/aromatic N) is 4. The van der Waals surface area contributed by atoms with Gasteiger partial charge in [-0.1, -0.05) is 29.8 Å². The van der Waals surface area contributed by atoms with Crippen molar-refractivity contribution in [3.05, 3.63) is 82.0 Å². The van der Waals surface area contributed by atoms with Crippen molar-refractivity contribution in [2.45, 2.75) is 13.5 Å². The second-order valence-electron chi connectivity index (χ2n) is 6.18. The lowest BCUT2D eigenvalue weighted by Crippen LogP contribution is -2.23. The summed E-state index contributed by atoms with van der Waals surface area (Å²) in [5.41, 5.74) is 2.23. The van der Waals surface area contributed by atoms with E-state index in [1.165, 1.54) is 17.1 Å². The molecule has 0 unspecified atom stereocenters. The first-order chi connectivity index (χ1) is 13.1. The van der Waals surface area contributed by atoms with Gasteiger partial charge in [-0.05, 0) is 42.8 Å². The predicted molar refractivity (Wildman–Crippen MR) is 105 cm³/mol. The van der Waals surface area contributed by atoms with Crippen LogP contribution in [0.2, 0.25) is 5.02 Å². The van der Waals surface area contributed by atoms with E-state index in [1.807, 2.05) is 43.3 Å². The summed E-state index contributed by atoms with van der Waals surface area (Å²) < 4.78 is 8.86. The first kappa shape index (κ1) is 17.3. The maximum atomic E-state index is 12.7. The molecule has 0 aliphatic carbocycles. The lowest BCUT2D eigenvalue weighted by Gasteiger charge is -2.09. The summed E-state index contributed by atoms with van der Waals surface area (Å²) in [7, 11) is 0. The van der Waals surface area contributed by atoms with E-state index in [0.717, 1.165) is 17.0 Å². The molecule has 0 spiro atoms. The second-order valence-corrected chi connectivity index (χ2v) is 6.62. The Labute approximate surface area is 160 Å². The quantitative estimate of drug-likeness (QED) is 0.530. The van der Waals surface area contributed by atoms with Gasteiger partial charge >= 0.3 is 0 Å². The molecule has 2 aromatic heterocycles. The number of ether oxygens (including phenoxy) is 1. The molecule has 0 bridgehead atoms. The molecule has 2 heterocycles. The Morgan fingerprint density at radius 2 is 2.00 bits per heavy atom. The van der Waals surface area contributed by atoms with Crippen molar-refractivity contribution < 1.29 is 4.74 Å². The van der Waals surface area contributed by atoms with Gasteiger partial charge in [-0.25, -0.2) is 9.67 Å². The molecule has 4 rings (SSSR count). The predicted octanol–water partition coefficient (Wildman–Crippen LogP) is 3.62. The van der Waals surface area contributed by atoms with Gasteiger partial charge in [0.15, 0.2) is 5.65 Å². The standard InChI is InChI=1S/C20H17ClN4O2/c1-14-4-2-7-17(10-14)27-9-8-24-13-22-19-18(20(24)26)12-23-25(19)16-6-3-5-15(21)11-16/h2-7,10-13H,8-9H2,1H3. The highest BCUT2D eigenvalue weighted by atomic mass is 35.5. The number of hydrogen-bond donors (Lipinski definition) is 0. The summed E-state index contributed by atoms with van der Waals surface area (Å²) >= 11 is 6.05. The topological polar surface area (TPSA) is 61.9 Å². The fraction of sp³-hybridized carbons (Fsp3) is 0.150. The summed E-state index contributed by atoms with van der Waals surface area (Å²) in [6.45, 7) is 2.78. The highest BCUT2D eigenvalue weighted by Crippen LogP contribution is 2.17. The van der Waals surface area contributed by atoms with Gasteiger partial charge in [0.05, 0.1) is 18.4 Å². The number of hydrogen-bond acceptors (Lipinski definition) is 4. The fourth-order valence-corrected chi connectivity index (χ4v) is 3.06. The molecule has 0 saturated heterocycles. The van der Waals surface area contributed by atoms with Gasteiger partial charge in [-0.2, -0.15) is 5.10 Å². The molecular weight excluding hydrogens is 364 g/mol. The molecule has 27 heavy (non-hydrogen) atoms. The zero-order chi connectivity index (χ0) is 18.8. The normalized spacial score (nSPS) is 11.0. The molecule has 136 valence electrons. The Bertz CT molecular complexity index is 1170. The number of fused-ring (bicyclic) bond motifs is 1. The summed E-state index contributed by atoms with van der Waals surface area (Å²) in [5.74, 6) is 0.783. The first-order valence-electron chi connectivity index (χ1n) is 8.50. The van der Waals surface area contributed by atoms with E-state index in [2.05, 4.69) is 10.1 Å². The average molecular weight is 381 g/mol. The van der Waals surface area contributed by atoms with Crippen LogP contribution < -0.4 is 10.3 Å². The summed E-state index contributed by atoms with van der Waals surface area (Å²) in [6.07, 6.45) is 3.05. The van der Waals surface area contributed by atoms with E-state index in [9.17, 15) is 4.79 Å². The van der Waals surface area contributed by atoms with Crippen LogP contribution in [0.3, 0.4) is 0 Å². The third-order valence-electron chi connectivity index (χ3n) is 4.20. The molecule has 0 aliphatic heterocycles. The van der Waals surface area contributed by atoms with Crippen molar-refractivity contribution in [3.63, 3.8) is 0 Å². The number of rotatable bonds is 5. The lowest BCUT2D eigenvalue weighted by atomic mass is 10.2. The number of halogens is 1. The van der Waals surface area contributed by atoms with Crippen molar-refractivity contribution in [1.29, 1.82) is 0 Å². The third kappa shape index (κ3) is 3.57. The zero-order valence-electron chi connectivity index (χ0n) is 14.7. The minimum Gasteiger partial charge on any atom is -0.492 e. The van der Waals surface area contributed by atoms with Crippen molar-refractivity contribution >= 4 is 22.6 Å². The molecule has 4 aromatic rings. The summed E-state index contributed by atoms with van der Waals surface area (Å²) in [4.78, 5) is 17.1. The molecule has 0 aliphatic rings. The molecule has 0 atom stereocenters. The first-order valence-corrected chi connectivity index (χ1v) is 8.88. The molecule has 7 heteroatoms. The van der Waals surface area contributed by atoms with E-state index in [1.54, 1.807) is 16.8 Å². The van der Waals surface area contributed by atoms with Crippen LogP contribution in [0, 0.1) is 6.92 Å². The highest BCUT2D eigenvalue weighted by Gasteiger charge is 2.11. The fourth-order valence-electron chi connectivity index (χ4n) is 2.87. The van der Waals surface area contributed by atoms with Crippen molar-refractivity contribution in [2.24, 2.45) is 0 Å². The van der Waals surface area contributed by atoms with E-state index in [0.29, 0.717) is 29.2 Å². The highest BCUT2D eigenvalue weighted by molar-refractivity contribution is 6.30. The molecular formula is C20H17ClN4O2. The molecule has 0 radical (unpaired) electrons. The molecule has 0 saturated carbocycles. The molecule has 2 aromatic carbocycles. The summed E-state index contributed by atoms with van der Waals surface area (Å²) in [5, 5.41) is 5.34. The maximum absolute atomic E-state index is 12.7. The van der Waals surface area contributed by atoms with Gasteiger partial charge < -0.3 is 4.74 Å². The molecule has 0 amide bonds. The third-order valence-corrected chi connectivity index (χ3v) is 4.43. The van der Waals surface area contributed by atoms with Gasteiger partial charge in [0, 0.05) is 5.02 Å². The van der Waals surface area contributed by atoms with Crippen molar-refractivity contribution in [2.75, 3.05) is 6.61 Å². The van der Waals surface area contributed by atoms with E-state index >= 15 is 0 Å². The number of aryl methyl sites for hydroxylation is 1. The summed E-state index contributed by atoms with van der Waals surface area (Å²) in [6, 6.07) is 15.0. The number of benzene rings is 2. The van der Waals surface area contributed by atoms with Crippen LogP contribution >= 0.6 is 11.6 Å². The van der Waals surface area contributed by atoms with Crippen LogP contribution in [0.25, 0.3) is 16.7 Å². The van der Waals surface area contributed by atoms with Crippen LogP contribution in [0.1, 0.15) is 5.56 Å². The lowest BCUT2D eigenvalue weighted by molar-refractivity contribution is 0.296. The Kier molecular flexibility index (Phi) is 4.64. The van der Waals surface area contributed by atoms with E-state index in [4.69, 9.17) is 16.3 Å². The van der Waals surface area contributed by atoms with Crippen LogP contribution in [0.15, 0.2) is 65.8 Å². The van der Waals surface area contributed by atoms with Gasteiger partial charge in [-0.3, -0.25) is 9.36 Å². The number of aromatic nitrogens is 4. The van der Waals surface area contributed by atoms with E-state index in [-0.39, 0.29) is 5.56 Å². The Balaban J connectivity index is 1.57. The largest absolute Gasteiger partial charge is 0.492 e. The monoisotopic (exact) mass is 380 g/mol. The van der Waals surface area contributed by atoms with Crippen molar-refractivity contribution in [1.82, 2.24) is 19.3 Å². The van der Waals surface area contributed by atoms with Crippen LogP contribution in [-0.4, -0.2) is 25.9 Å². The van der Waals surface area contributed by atoms with Crippen molar-refractivity contribution in [3.8, 4) is 11.4 Å². The SMILES string of the molecule is Cc1cccc(OCCn2cnc3c(cnn3-c3cccc(Cl)c3)c2=O)c1. The maximum Gasteiger partial charge on any atom is 0.264 e. The average Bonchev–Trinajstić information content (AvgIpc) is 3.09. The van der Waals surface area contributed by atoms with Gasteiger partial charge in [0.25, 0.3) is 5.56 Å². The molecule has 0 fully saturated rings. The smallest absolute Gasteiger partial charge is 0.264 e. The van der Waals surface area contributed by atoms with Gasteiger partial charge in [0.2, 0.25) is 0 Å².